The van der Waals surface area contributed by atoms with E-state index in [0.29, 0.717) is 0 Å². The Bertz CT molecular complexity index is 508. The van der Waals surface area contributed by atoms with Crippen molar-refractivity contribution in [3.8, 4) is 0 Å². The molecular weight excluding hydrogens is 228 g/mol. The molecule has 1 aromatic carbocycles. The van der Waals surface area contributed by atoms with Crippen LogP contribution >= 0.6 is 0 Å². The molecule has 0 N–H and O–H groups in total. The van der Waals surface area contributed by atoms with E-state index in [9.17, 15) is 4.79 Å². The molecule has 4 nitrogen and oxygen atoms in total. The number of fused-ring (bicyclic) bond motifs is 1. The van der Waals surface area contributed by atoms with Crippen LogP contribution in [0.5, 0.6) is 0 Å². The first-order chi connectivity index (χ1) is 7.22. The summed E-state index contributed by atoms with van der Waals surface area (Å²) in [6.07, 6.45) is 1.89. The number of imidazole rings is 1. The first-order valence-corrected chi connectivity index (χ1v) is 4.72. The maximum Gasteiger partial charge on any atom is 0.348 e. The van der Waals surface area contributed by atoms with E-state index in [1.165, 1.54) is 7.11 Å². The van der Waals surface area contributed by atoms with Crippen molar-refractivity contribution in [3.63, 3.8) is 0 Å². The molecular formula is C11H13ClN2O2. The summed E-state index contributed by atoms with van der Waals surface area (Å²) in [5, 5.41) is 0. The smallest absolute Gasteiger partial charge is 0.348 e. The van der Waals surface area contributed by atoms with Gasteiger partial charge in [-0.1, -0.05) is 12.1 Å². The summed E-state index contributed by atoms with van der Waals surface area (Å²) in [6.45, 7) is 0.248. The summed E-state index contributed by atoms with van der Waals surface area (Å²) in [5.41, 5.74) is 2.13. The molecule has 2 rings (SSSR count). The van der Waals surface area contributed by atoms with Gasteiger partial charge in [0.15, 0.2) is 17.6 Å². The molecule has 0 aliphatic carbocycles. The molecule has 16 heavy (non-hydrogen) atoms. The summed E-state index contributed by atoms with van der Waals surface area (Å²) >= 11 is 0. The Morgan fingerprint density at radius 2 is 2.12 bits per heavy atom. The number of halogens is 1. The molecule has 0 saturated heterocycles. The minimum atomic E-state index is -0.239. The van der Waals surface area contributed by atoms with E-state index in [0.717, 1.165) is 11.0 Å². The van der Waals surface area contributed by atoms with Crippen molar-refractivity contribution in [2.45, 2.75) is 6.54 Å². The minimum Gasteiger partial charge on any atom is -1.00 e. The first kappa shape index (κ1) is 12.5. The van der Waals surface area contributed by atoms with Crippen molar-refractivity contribution in [3.05, 3.63) is 30.6 Å². The first-order valence-electron chi connectivity index (χ1n) is 4.72. The number of esters is 1. The predicted octanol–water partition coefficient (Wildman–Crippen LogP) is -2.36. The fraction of sp³-hybridized carbons (Fsp3) is 0.273. The van der Waals surface area contributed by atoms with Gasteiger partial charge in [0.1, 0.15) is 0 Å². The Morgan fingerprint density at radius 3 is 2.81 bits per heavy atom. The molecule has 86 valence electrons. The van der Waals surface area contributed by atoms with Crippen molar-refractivity contribution in [2.75, 3.05) is 7.11 Å². The van der Waals surface area contributed by atoms with Crippen molar-refractivity contribution < 1.29 is 26.5 Å². The van der Waals surface area contributed by atoms with Gasteiger partial charge in [0.25, 0.3) is 0 Å². The second kappa shape index (κ2) is 4.99. The molecule has 5 heteroatoms. The lowest BCUT2D eigenvalue weighted by Gasteiger charge is -1.95. The van der Waals surface area contributed by atoms with E-state index >= 15 is 0 Å². The van der Waals surface area contributed by atoms with Gasteiger partial charge in [0.05, 0.1) is 14.2 Å². The Hall–Kier alpha value is -1.55. The molecule has 0 saturated carbocycles. The van der Waals surface area contributed by atoms with E-state index in [-0.39, 0.29) is 24.9 Å². The average Bonchev–Trinajstić information content (AvgIpc) is 2.57. The number of carbonyl (C=O) groups excluding carboxylic acids is 1. The number of aryl methyl sites for hydroxylation is 1. The normalized spacial score (nSPS) is 9.88. The molecule has 0 unspecified atom stereocenters. The van der Waals surface area contributed by atoms with E-state index < -0.39 is 0 Å². The lowest BCUT2D eigenvalue weighted by molar-refractivity contribution is -0.645. The Labute approximate surface area is 99.8 Å². The van der Waals surface area contributed by atoms with Gasteiger partial charge in [0.2, 0.25) is 6.33 Å². The number of hydrogen-bond donors (Lipinski definition) is 0. The van der Waals surface area contributed by atoms with Gasteiger partial charge in [-0.2, -0.15) is 0 Å². The highest BCUT2D eigenvalue weighted by Gasteiger charge is 2.15. The third-order valence-electron chi connectivity index (χ3n) is 2.41. The number of benzene rings is 1. The molecule has 2 aromatic rings. The van der Waals surface area contributed by atoms with Crippen LogP contribution in [-0.4, -0.2) is 17.6 Å². The van der Waals surface area contributed by atoms with E-state index in [2.05, 4.69) is 4.74 Å². The number of ether oxygens (including phenoxy) is 1. The minimum absolute atomic E-state index is 0. The van der Waals surface area contributed by atoms with Crippen LogP contribution in [0.25, 0.3) is 11.0 Å². The standard InChI is InChI=1S/C11H13N2O2.ClH/c1-12-8-13(7-11(14)15-2)10-6-4-3-5-9(10)12;/h3-6,8H,7H2,1-2H3;1H/q+1;/p-1. The van der Waals surface area contributed by atoms with Gasteiger partial charge in [-0.25, -0.2) is 13.9 Å². The number of methoxy groups -OCH3 is 1. The topological polar surface area (TPSA) is 35.1 Å². The summed E-state index contributed by atoms with van der Waals surface area (Å²) < 4.78 is 8.50. The number of hydrogen-bond acceptors (Lipinski definition) is 2. The highest BCUT2D eigenvalue weighted by Crippen LogP contribution is 2.09. The Balaban J connectivity index is 0.00000128. The number of carbonyl (C=O) groups is 1. The van der Waals surface area contributed by atoms with Crippen LogP contribution in [0.1, 0.15) is 0 Å². The van der Waals surface area contributed by atoms with Gasteiger partial charge in [-0.3, -0.25) is 0 Å². The molecule has 0 fully saturated rings. The average molecular weight is 241 g/mol. The van der Waals surface area contributed by atoms with E-state index in [1.807, 2.05) is 46.8 Å². The van der Waals surface area contributed by atoms with E-state index in [4.69, 9.17) is 0 Å². The zero-order valence-electron chi connectivity index (χ0n) is 9.18. The molecule has 0 amide bonds. The second-order valence-corrected chi connectivity index (χ2v) is 3.42. The lowest BCUT2D eigenvalue weighted by atomic mass is 10.3. The Morgan fingerprint density at radius 1 is 1.44 bits per heavy atom. The number of aromatic nitrogens is 2. The van der Waals surface area contributed by atoms with Crippen LogP contribution in [-0.2, 0) is 23.1 Å². The van der Waals surface area contributed by atoms with Crippen molar-refractivity contribution in [1.82, 2.24) is 4.57 Å². The van der Waals surface area contributed by atoms with Gasteiger partial charge in [-0.05, 0) is 12.1 Å². The largest absolute Gasteiger partial charge is 1.00 e. The maximum absolute atomic E-state index is 11.2. The SMILES string of the molecule is COC(=O)Cn1c[n+](C)c2ccccc21.[Cl-]. The second-order valence-electron chi connectivity index (χ2n) is 3.42. The van der Waals surface area contributed by atoms with Gasteiger partial charge < -0.3 is 17.1 Å². The van der Waals surface area contributed by atoms with Crippen LogP contribution in [0.3, 0.4) is 0 Å². The molecule has 0 radical (unpaired) electrons. The van der Waals surface area contributed by atoms with Crippen LogP contribution in [0.15, 0.2) is 30.6 Å². The van der Waals surface area contributed by atoms with Crippen molar-refractivity contribution in [2.24, 2.45) is 7.05 Å². The fourth-order valence-corrected chi connectivity index (χ4v) is 1.67. The quantitative estimate of drug-likeness (QED) is 0.435. The molecule has 1 aromatic heterocycles. The van der Waals surface area contributed by atoms with Crippen LogP contribution in [0, 0.1) is 0 Å². The van der Waals surface area contributed by atoms with Crippen LogP contribution in [0.2, 0.25) is 0 Å². The van der Waals surface area contributed by atoms with Crippen LogP contribution < -0.4 is 17.0 Å². The van der Waals surface area contributed by atoms with E-state index in [1.54, 1.807) is 0 Å². The maximum atomic E-state index is 11.2. The molecule has 0 aliphatic rings. The van der Waals surface area contributed by atoms with Gasteiger partial charge in [-0.15, -0.1) is 0 Å². The number of nitrogens with zero attached hydrogens (tertiary/aromatic N) is 2. The van der Waals surface area contributed by atoms with Gasteiger partial charge >= 0.3 is 5.97 Å². The third-order valence-corrected chi connectivity index (χ3v) is 2.41. The lowest BCUT2D eigenvalue weighted by Crippen LogP contribution is -3.00. The van der Waals surface area contributed by atoms with Crippen molar-refractivity contribution in [1.29, 1.82) is 0 Å². The van der Waals surface area contributed by atoms with Crippen LogP contribution in [0.4, 0.5) is 0 Å². The van der Waals surface area contributed by atoms with Crippen molar-refractivity contribution >= 4 is 17.0 Å². The molecule has 0 spiro atoms. The number of rotatable bonds is 2. The predicted molar refractivity (Wildman–Crippen MR) is 55.1 cm³/mol. The highest BCUT2D eigenvalue weighted by atomic mass is 35.5. The van der Waals surface area contributed by atoms with Gasteiger partial charge in [0, 0.05) is 0 Å². The zero-order chi connectivity index (χ0) is 10.8. The summed E-state index contributed by atoms with van der Waals surface area (Å²) in [6, 6.07) is 7.93. The molecule has 1 heterocycles. The monoisotopic (exact) mass is 240 g/mol. The molecule has 0 bridgehead atoms. The molecule has 0 atom stereocenters. The number of para-hydroxylation sites is 2. The zero-order valence-corrected chi connectivity index (χ0v) is 9.94. The Kier molecular flexibility index (Phi) is 3.90. The fourth-order valence-electron chi connectivity index (χ4n) is 1.67. The third kappa shape index (κ3) is 2.17. The summed E-state index contributed by atoms with van der Waals surface area (Å²) in [5.74, 6) is -0.239. The molecule has 0 aliphatic heterocycles. The highest BCUT2D eigenvalue weighted by molar-refractivity contribution is 5.75. The summed E-state index contributed by atoms with van der Waals surface area (Å²) in [7, 11) is 3.35. The summed E-state index contributed by atoms with van der Waals surface area (Å²) in [4.78, 5) is 11.2.